The predicted octanol–water partition coefficient (Wildman–Crippen LogP) is 3.77. The molecule has 0 heterocycles. The number of rotatable bonds is 7. The van der Waals surface area contributed by atoms with Gasteiger partial charge in [-0.1, -0.05) is 23.8 Å². The summed E-state index contributed by atoms with van der Waals surface area (Å²) in [7, 11) is 0. The van der Waals surface area contributed by atoms with Gasteiger partial charge in [0, 0.05) is 17.8 Å². The molecule has 0 atom stereocenters. The van der Waals surface area contributed by atoms with Crippen molar-refractivity contribution in [1.82, 2.24) is 10.6 Å². The van der Waals surface area contributed by atoms with Crippen molar-refractivity contribution in [3.8, 4) is 0 Å². The Morgan fingerprint density at radius 2 is 1.86 bits per heavy atom. The third-order valence-electron chi connectivity index (χ3n) is 4.37. The van der Waals surface area contributed by atoms with Crippen LogP contribution in [-0.2, 0) is 9.53 Å². The van der Waals surface area contributed by atoms with Crippen molar-refractivity contribution in [1.29, 1.82) is 0 Å². The Hall–Kier alpha value is -2.83. The third-order valence-corrected chi connectivity index (χ3v) is 4.37. The molecule has 0 spiro atoms. The minimum atomic E-state index is -0.685. The molecular weight excluding hydrogens is 370 g/mol. The predicted molar refractivity (Wildman–Crippen MR) is 113 cm³/mol. The lowest BCUT2D eigenvalue weighted by atomic mass is 9.97. The number of anilines is 1. The van der Waals surface area contributed by atoms with E-state index < -0.39 is 30.1 Å². The summed E-state index contributed by atoms with van der Waals surface area (Å²) in [6.07, 6.45) is 8.04. The van der Waals surface area contributed by atoms with E-state index in [-0.39, 0.29) is 0 Å². The van der Waals surface area contributed by atoms with Crippen LogP contribution in [0.1, 0.15) is 63.2 Å². The fourth-order valence-corrected chi connectivity index (χ4v) is 3.05. The number of para-hydroxylation sites is 1. The van der Waals surface area contributed by atoms with Crippen LogP contribution in [-0.4, -0.2) is 36.6 Å². The highest BCUT2D eigenvalue weighted by Crippen LogP contribution is 2.21. The number of carbonyl (C=O) groups excluding carboxylic acids is 3. The molecule has 0 saturated carbocycles. The van der Waals surface area contributed by atoms with Crippen molar-refractivity contribution in [3.63, 3.8) is 0 Å². The van der Waals surface area contributed by atoms with Gasteiger partial charge < -0.3 is 15.4 Å². The van der Waals surface area contributed by atoms with Crippen LogP contribution >= 0.6 is 0 Å². The summed E-state index contributed by atoms with van der Waals surface area (Å²) in [6, 6.07) is 6.40. The van der Waals surface area contributed by atoms with Gasteiger partial charge in [0.05, 0.1) is 5.56 Å². The highest BCUT2D eigenvalue weighted by molar-refractivity contribution is 5.99. The molecule has 2 rings (SSSR count). The lowest BCUT2D eigenvalue weighted by Crippen LogP contribution is -2.49. The maximum atomic E-state index is 12.4. The molecule has 0 fully saturated rings. The molecule has 29 heavy (non-hydrogen) atoms. The molecule has 1 aromatic rings. The minimum absolute atomic E-state index is 0.358. The topological polar surface area (TPSA) is 96.5 Å². The lowest BCUT2D eigenvalue weighted by molar-refractivity contribution is -0.123. The van der Waals surface area contributed by atoms with Crippen LogP contribution in [0.4, 0.5) is 10.5 Å². The van der Waals surface area contributed by atoms with Crippen LogP contribution in [0.15, 0.2) is 35.9 Å². The molecule has 7 heteroatoms. The summed E-state index contributed by atoms with van der Waals surface area (Å²) >= 11 is 0. The Morgan fingerprint density at radius 1 is 1.10 bits per heavy atom. The maximum absolute atomic E-state index is 12.4. The number of nitrogens with one attached hydrogen (secondary N) is 3. The maximum Gasteiger partial charge on any atom is 0.340 e. The van der Waals surface area contributed by atoms with E-state index in [9.17, 15) is 14.4 Å². The monoisotopic (exact) mass is 401 g/mol. The van der Waals surface area contributed by atoms with Crippen molar-refractivity contribution >= 4 is 23.6 Å². The highest BCUT2D eigenvalue weighted by atomic mass is 16.5. The van der Waals surface area contributed by atoms with E-state index in [1.54, 1.807) is 32.9 Å². The fourth-order valence-electron chi connectivity index (χ4n) is 3.05. The van der Waals surface area contributed by atoms with Crippen molar-refractivity contribution in [2.45, 2.75) is 58.4 Å². The van der Waals surface area contributed by atoms with E-state index in [0.29, 0.717) is 11.3 Å². The molecule has 0 radical (unpaired) electrons. The number of hydrogen-bond acceptors (Lipinski definition) is 5. The molecule has 1 aromatic carbocycles. The largest absolute Gasteiger partial charge is 0.452 e. The van der Waals surface area contributed by atoms with Gasteiger partial charge in [0.15, 0.2) is 6.61 Å². The van der Waals surface area contributed by atoms with Crippen molar-refractivity contribution < 1.29 is 19.1 Å². The van der Waals surface area contributed by atoms with Crippen molar-refractivity contribution in [2.75, 3.05) is 18.5 Å². The van der Waals surface area contributed by atoms with Gasteiger partial charge in [-0.05, 0) is 65.0 Å². The molecule has 3 amide bonds. The van der Waals surface area contributed by atoms with E-state index in [0.717, 1.165) is 25.8 Å². The van der Waals surface area contributed by atoms with E-state index in [4.69, 9.17) is 4.74 Å². The number of esters is 1. The molecule has 0 aliphatic heterocycles. The van der Waals surface area contributed by atoms with Crippen LogP contribution in [0.3, 0.4) is 0 Å². The molecule has 0 unspecified atom stereocenters. The average Bonchev–Trinajstić information content (AvgIpc) is 2.66. The number of hydrogen-bond donors (Lipinski definition) is 3. The summed E-state index contributed by atoms with van der Waals surface area (Å²) in [5, 5.41) is 8.02. The first-order valence-electron chi connectivity index (χ1n) is 10.0. The molecule has 0 aromatic heterocycles. The van der Waals surface area contributed by atoms with Gasteiger partial charge >= 0.3 is 12.0 Å². The number of allylic oxidation sites excluding steroid dienone is 1. The number of urea groups is 1. The van der Waals surface area contributed by atoms with Crippen LogP contribution in [0.2, 0.25) is 0 Å². The van der Waals surface area contributed by atoms with Gasteiger partial charge in [0.25, 0.3) is 5.91 Å². The number of carbonyl (C=O) groups is 3. The van der Waals surface area contributed by atoms with Crippen LogP contribution in [0.5, 0.6) is 0 Å². The van der Waals surface area contributed by atoms with E-state index in [1.807, 2.05) is 12.1 Å². The van der Waals surface area contributed by atoms with Gasteiger partial charge in [-0.25, -0.2) is 9.59 Å². The van der Waals surface area contributed by atoms with Gasteiger partial charge in [-0.15, -0.1) is 0 Å². The second kappa shape index (κ2) is 10.6. The number of ether oxygens (including phenoxy) is 1. The SMILES string of the molecule is CC(C)(C)NC(=O)NC(=O)COC(=O)c1ccccc1NCCC1=CCCCC1. The molecular formula is C22H31N3O4. The second-order valence-corrected chi connectivity index (χ2v) is 8.16. The number of amides is 3. The Kier molecular flexibility index (Phi) is 8.24. The van der Waals surface area contributed by atoms with E-state index in [1.165, 1.54) is 18.4 Å². The first kappa shape index (κ1) is 22.5. The smallest absolute Gasteiger partial charge is 0.340 e. The molecule has 0 saturated heterocycles. The quantitative estimate of drug-likeness (QED) is 0.477. The van der Waals surface area contributed by atoms with Gasteiger partial charge in [-0.2, -0.15) is 0 Å². The molecule has 3 N–H and O–H groups in total. The summed E-state index contributed by atoms with van der Waals surface area (Å²) in [6.45, 7) is 5.59. The van der Waals surface area contributed by atoms with Crippen LogP contribution in [0.25, 0.3) is 0 Å². The van der Waals surface area contributed by atoms with Gasteiger partial charge in [-0.3, -0.25) is 10.1 Å². The summed E-state index contributed by atoms with van der Waals surface area (Å²) in [4.78, 5) is 35.9. The first-order chi connectivity index (χ1) is 13.7. The molecule has 1 aliphatic rings. The standard InChI is InChI=1S/C22H31N3O4/c1-22(2,3)25-21(28)24-19(26)15-29-20(27)17-11-7-8-12-18(17)23-14-13-16-9-5-4-6-10-16/h7-9,11-12,23H,4-6,10,13-15H2,1-3H3,(H2,24,25,26,28). The molecule has 1 aliphatic carbocycles. The van der Waals surface area contributed by atoms with E-state index >= 15 is 0 Å². The molecule has 7 nitrogen and oxygen atoms in total. The third kappa shape index (κ3) is 8.37. The normalized spacial score (nSPS) is 13.8. The average molecular weight is 402 g/mol. The zero-order valence-corrected chi connectivity index (χ0v) is 17.5. The zero-order chi connectivity index (χ0) is 21.3. The van der Waals surface area contributed by atoms with Gasteiger partial charge in [0.2, 0.25) is 0 Å². The number of imide groups is 1. The summed E-state index contributed by atoms with van der Waals surface area (Å²) in [5.74, 6) is -1.30. The summed E-state index contributed by atoms with van der Waals surface area (Å²) < 4.78 is 5.08. The van der Waals surface area contributed by atoms with Crippen molar-refractivity contribution in [3.05, 3.63) is 41.5 Å². The van der Waals surface area contributed by atoms with Gasteiger partial charge in [0.1, 0.15) is 0 Å². The van der Waals surface area contributed by atoms with Crippen molar-refractivity contribution in [2.24, 2.45) is 0 Å². The lowest BCUT2D eigenvalue weighted by Gasteiger charge is -2.20. The minimum Gasteiger partial charge on any atom is -0.452 e. The Morgan fingerprint density at radius 3 is 2.55 bits per heavy atom. The second-order valence-electron chi connectivity index (χ2n) is 8.16. The Bertz CT molecular complexity index is 766. The van der Waals surface area contributed by atoms with Crippen LogP contribution in [0, 0.1) is 0 Å². The van der Waals surface area contributed by atoms with E-state index in [2.05, 4.69) is 22.0 Å². The highest BCUT2D eigenvalue weighted by Gasteiger charge is 2.18. The molecule has 0 bridgehead atoms. The fraction of sp³-hybridized carbons (Fsp3) is 0.500. The number of benzene rings is 1. The van der Waals surface area contributed by atoms with Crippen LogP contribution < -0.4 is 16.0 Å². The first-order valence-corrected chi connectivity index (χ1v) is 10.0. The summed E-state index contributed by atoms with van der Waals surface area (Å²) in [5.41, 5.74) is 2.00. The Balaban J connectivity index is 1.83. The molecule has 158 valence electrons. The Labute approximate surface area is 172 Å². The zero-order valence-electron chi connectivity index (χ0n) is 17.5.